The molecule has 0 saturated carbocycles. The minimum Gasteiger partial charge on any atom is -0.0622 e. The first-order valence-electron chi connectivity index (χ1n) is 15.3. The van der Waals surface area contributed by atoms with Crippen LogP contribution in [0, 0.1) is 0 Å². The monoisotopic (exact) mass is 610 g/mol. The van der Waals surface area contributed by atoms with Gasteiger partial charge in [-0.1, -0.05) is 60.7 Å². The SMILES string of the molecule is CC1=Cc2c(-c3ccccc3)cccc2[CH]1[Ti][CH]1C(P(C)C)=Cc2ccccc21.c1ccc(CCc2ccccc2)cc1. The van der Waals surface area contributed by atoms with Crippen molar-refractivity contribution in [1.29, 1.82) is 0 Å². The predicted octanol–water partition coefficient (Wildman–Crippen LogP) is 11.2. The third-order valence-electron chi connectivity index (χ3n) is 8.51. The largest absolute Gasteiger partial charge is 0.0622 e. The number of benzene rings is 5. The molecular formula is C41H39PTi. The zero-order valence-corrected chi connectivity index (χ0v) is 27.8. The first-order chi connectivity index (χ1) is 21.1. The molecule has 0 amide bonds. The second-order valence-electron chi connectivity index (χ2n) is 11.7. The molecule has 0 bridgehead atoms. The van der Waals surface area contributed by atoms with Gasteiger partial charge in [0.25, 0.3) is 0 Å². The summed E-state index contributed by atoms with van der Waals surface area (Å²) in [5, 5.41) is 1.71. The summed E-state index contributed by atoms with van der Waals surface area (Å²) in [4.78, 5) is 0. The summed E-state index contributed by atoms with van der Waals surface area (Å²) in [6, 6.07) is 48.1. The van der Waals surface area contributed by atoms with E-state index in [0.29, 0.717) is 8.45 Å². The number of allylic oxidation sites excluding steroid dienone is 2. The Morgan fingerprint density at radius 2 is 1.12 bits per heavy atom. The fourth-order valence-electron chi connectivity index (χ4n) is 6.26. The molecule has 0 spiro atoms. The van der Waals surface area contributed by atoms with Crippen LogP contribution in [0.4, 0.5) is 0 Å². The number of fused-ring (bicyclic) bond motifs is 2. The molecule has 5 aromatic rings. The molecule has 0 saturated heterocycles. The normalized spacial score (nSPS) is 16.5. The minimum absolute atomic E-state index is 0.0585. The van der Waals surface area contributed by atoms with Crippen molar-refractivity contribution in [2.75, 3.05) is 13.3 Å². The summed E-state index contributed by atoms with van der Waals surface area (Å²) in [7, 11) is -0.0585. The average molecular weight is 611 g/mol. The van der Waals surface area contributed by atoms with Crippen LogP contribution in [0.25, 0.3) is 23.3 Å². The van der Waals surface area contributed by atoms with Crippen molar-refractivity contribution in [3.63, 3.8) is 0 Å². The molecule has 0 radical (unpaired) electrons. The van der Waals surface area contributed by atoms with E-state index >= 15 is 0 Å². The van der Waals surface area contributed by atoms with Crippen molar-refractivity contribution in [1.82, 2.24) is 0 Å². The summed E-state index contributed by atoms with van der Waals surface area (Å²) in [6.07, 6.45) is 7.23. The molecule has 0 aromatic heterocycles. The van der Waals surface area contributed by atoms with E-state index in [9.17, 15) is 0 Å². The maximum absolute atomic E-state index is 2.50. The molecule has 212 valence electrons. The van der Waals surface area contributed by atoms with Crippen LogP contribution in [0.5, 0.6) is 0 Å². The molecule has 7 rings (SSSR count). The molecule has 5 aromatic carbocycles. The quantitative estimate of drug-likeness (QED) is 0.127. The van der Waals surface area contributed by atoms with Crippen molar-refractivity contribution < 1.29 is 19.2 Å². The molecule has 2 unspecified atom stereocenters. The van der Waals surface area contributed by atoms with Gasteiger partial charge in [-0.25, -0.2) is 0 Å². The fourth-order valence-corrected chi connectivity index (χ4v) is 11.6. The first-order valence-corrected chi connectivity index (χ1v) is 19.3. The number of hydrogen-bond donors (Lipinski definition) is 0. The van der Waals surface area contributed by atoms with Gasteiger partial charge in [-0.15, -0.1) is 0 Å². The van der Waals surface area contributed by atoms with Crippen molar-refractivity contribution in [2.45, 2.75) is 28.2 Å². The van der Waals surface area contributed by atoms with Gasteiger partial charge < -0.3 is 0 Å². The van der Waals surface area contributed by atoms with E-state index in [1.807, 2.05) is 0 Å². The minimum atomic E-state index is -0.249. The van der Waals surface area contributed by atoms with Gasteiger partial charge in [-0.3, -0.25) is 0 Å². The molecule has 2 atom stereocenters. The zero-order chi connectivity index (χ0) is 29.6. The summed E-state index contributed by atoms with van der Waals surface area (Å²) in [5.41, 5.74) is 13.2. The topological polar surface area (TPSA) is 0 Å². The Labute approximate surface area is 268 Å². The van der Waals surface area contributed by atoms with Crippen LogP contribution >= 0.6 is 7.92 Å². The van der Waals surface area contributed by atoms with Crippen LogP contribution in [0.3, 0.4) is 0 Å². The Bertz CT molecular complexity index is 1680. The Kier molecular flexibility index (Phi) is 9.70. The van der Waals surface area contributed by atoms with Crippen LogP contribution in [0.1, 0.15) is 48.7 Å². The van der Waals surface area contributed by atoms with Crippen molar-refractivity contribution in [3.8, 4) is 11.1 Å². The Balaban J connectivity index is 0.000000197. The molecule has 0 aliphatic heterocycles. The van der Waals surface area contributed by atoms with Crippen molar-refractivity contribution in [2.24, 2.45) is 0 Å². The number of hydrogen-bond acceptors (Lipinski definition) is 0. The van der Waals surface area contributed by atoms with Gasteiger partial charge in [-0.2, -0.15) is 0 Å². The molecule has 0 nitrogen and oxygen atoms in total. The number of rotatable bonds is 7. The average Bonchev–Trinajstić information content (AvgIpc) is 3.59. The van der Waals surface area contributed by atoms with Crippen molar-refractivity contribution >= 4 is 20.1 Å². The molecule has 43 heavy (non-hydrogen) atoms. The molecule has 2 heteroatoms. The molecule has 2 aliphatic rings. The third kappa shape index (κ3) is 6.94. The van der Waals surface area contributed by atoms with Crippen LogP contribution < -0.4 is 0 Å². The molecule has 0 fully saturated rings. The van der Waals surface area contributed by atoms with Gasteiger partial charge >= 0.3 is 185 Å². The van der Waals surface area contributed by atoms with Crippen LogP contribution in [-0.2, 0) is 32.0 Å². The maximum atomic E-state index is 2.50. The fraction of sp³-hybridized carbons (Fsp3) is 0.171. The predicted molar refractivity (Wildman–Crippen MR) is 184 cm³/mol. The van der Waals surface area contributed by atoms with E-state index in [-0.39, 0.29) is 27.1 Å². The van der Waals surface area contributed by atoms with E-state index in [1.54, 1.807) is 22.0 Å². The van der Waals surface area contributed by atoms with Gasteiger partial charge in [-0.05, 0) is 24.0 Å². The summed E-state index contributed by atoms with van der Waals surface area (Å²) >= 11 is -0.249. The van der Waals surface area contributed by atoms with Gasteiger partial charge in [0.15, 0.2) is 0 Å². The summed E-state index contributed by atoms with van der Waals surface area (Å²) < 4.78 is 1.30. The Hall–Kier alpha value is -3.28. The van der Waals surface area contributed by atoms with Gasteiger partial charge in [0, 0.05) is 0 Å². The van der Waals surface area contributed by atoms with Crippen LogP contribution in [0.15, 0.2) is 144 Å². The van der Waals surface area contributed by atoms with E-state index in [2.05, 4.69) is 166 Å². The summed E-state index contributed by atoms with van der Waals surface area (Å²) in [5.74, 6) is 0. The molecular weight excluding hydrogens is 571 g/mol. The van der Waals surface area contributed by atoms with Gasteiger partial charge in [0.1, 0.15) is 0 Å². The van der Waals surface area contributed by atoms with E-state index in [4.69, 9.17) is 0 Å². The smallest absolute Gasteiger partial charge is 0.0238 e. The van der Waals surface area contributed by atoms with E-state index in [1.165, 1.54) is 33.4 Å². The molecule has 2 aliphatic carbocycles. The molecule has 0 N–H and O–H groups in total. The second kappa shape index (κ2) is 14.0. The zero-order valence-electron chi connectivity index (χ0n) is 25.4. The third-order valence-corrected chi connectivity index (χ3v) is 13.5. The Morgan fingerprint density at radius 3 is 1.74 bits per heavy atom. The maximum Gasteiger partial charge on any atom is -0.0238 e. The van der Waals surface area contributed by atoms with Gasteiger partial charge in [0.05, 0.1) is 0 Å². The van der Waals surface area contributed by atoms with Crippen LogP contribution in [-0.4, -0.2) is 13.3 Å². The standard InChI is InChI=1S/C16H13.C14H14.C11H12P.Ti/c1-12-10-14-8-5-9-15(16(14)11-12)13-6-3-2-4-7-13;1-3-7-13(8-4-1)11-12-14-9-5-2-6-10-14;1-12(2)11-7-9-5-3-4-6-10(9)8-11;/h2-11H,1H3;1-10H,11-12H2;3-8H,1-2H3;. The van der Waals surface area contributed by atoms with Gasteiger partial charge in [0.2, 0.25) is 0 Å². The van der Waals surface area contributed by atoms with E-state index < -0.39 is 0 Å². The Morgan fingerprint density at radius 1 is 0.558 bits per heavy atom. The summed E-state index contributed by atoms with van der Waals surface area (Å²) in [6.45, 7) is 7.20. The second-order valence-corrected chi connectivity index (χ2v) is 16.3. The molecule has 0 heterocycles. The van der Waals surface area contributed by atoms with Crippen LogP contribution in [0.2, 0.25) is 0 Å². The van der Waals surface area contributed by atoms with Crippen molar-refractivity contribution in [3.05, 3.63) is 178 Å². The first kappa shape index (κ1) is 29.8. The number of aryl methyl sites for hydroxylation is 2. The van der Waals surface area contributed by atoms with E-state index in [0.717, 1.165) is 12.8 Å².